The fourth-order valence-corrected chi connectivity index (χ4v) is 1.49. The van der Waals surface area contributed by atoms with Crippen LogP contribution in [0.2, 0.25) is 5.02 Å². The quantitative estimate of drug-likeness (QED) is 0.763. The third-order valence-corrected chi connectivity index (χ3v) is 2.13. The number of hydrogen-bond acceptors (Lipinski definition) is 2. The summed E-state index contributed by atoms with van der Waals surface area (Å²) in [6.07, 6.45) is -2.27. The lowest BCUT2D eigenvalue weighted by molar-refractivity contribution is -0.137. The second-order valence-electron chi connectivity index (χ2n) is 2.97. The fourth-order valence-electron chi connectivity index (χ4n) is 1.23. The molecule has 0 aliphatic carbocycles. The molecule has 0 aliphatic heterocycles. The molecule has 0 aromatic carbocycles. The first-order chi connectivity index (χ1) is 6.88. The Hall–Kier alpha value is -1.43. The predicted molar refractivity (Wildman–Crippen MR) is 49.6 cm³/mol. The van der Waals surface area contributed by atoms with E-state index in [1.165, 1.54) is 6.20 Å². The smallest absolute Gasteiger partial charge is 0.382 e. The van der Waals surface area contributed by atoms with Crippen molar-refractivity contribution >= 4 is 23.1 Å². The number of anilines is 1. The van der Waals surface area contributed by atoms with Crippen LogP contribution in [-0.2, 0) is 6.18 Å². The van der Waals surface area contributed by atoms with Gasteiger partial charge in [0, 0.05) is 6.20 Å². The van der Waals surface area contributed by atoms with E-state index >= 15 is 0 Å². The molecule has 2 aromatic rings. The number of pyridine rings is 1. The average molecular weight is 236 g/mol. The van der Waals surface area contributed by atoms with E-state index in [2.05, 4.69) is 4.98 Å². The summed E-state index contributed by atoms with van der Waals surface area (Å²) < 4.78 is 38.3. The number of nitrogens with zero attached hydrogens (tertiary/aromatic N) is 2. The van der Waals surface area contributed by atoms with Crippen LogP contribution < -0.4 is 5.73 Å². The predicted octanol–water partition coefficient (Wildman–Crippen LogP) is 2.59. The lowest BCUT2D eigenvalue weighted by Crippen LogP contribution is -2.06. The third kappa shape index (κ3) is 1.72. The Morgan fingerprint density at radius 1 is 1.33 bits per heavy atom. The summed E-state index contributed by atoms with van der Waals surface area (Å²) in [6.45, 7) is 0. The van der Waals surface area contributed by atoms with E-state index < -0.39 is 11.7 Å². The standard InChI is InChI=1S/C8H5ClF3N3/c9-5-1-4(8(10,11)12)2-15-3-6(13)14-7(5)15/h1-3H,13H2. The van der Waals surface area contributed by atoms with Crippen molar-refractivity contribution in [3.63, 3.8) is 0 Å². The number of alkyl halides is 3. The lowest BCUT2D eigenvalue weighted by atomic mass is 10.3. The molecule has 0 saturated heterocycles. The van der Waals surface area contributed by atoms with E-state index in [1.54, 1.807) is 0 Å². The molecule has 3 nitrogen and oxygen atoms in total. The summed E-state index contributed by atoms with van der Waals surface area (Å²) >= 11 is 5.64. The van der Waals surface area contributed by atoms with Crippen molar-refractivity contribution in [2.45, 2.75) is 6.18 Å². The van der Waals surface area contributed by atoms with Gasteiger partial charge in [0.2, 0.25) is 0 Å². The Kier molecular flexibility index (Phi) is 2.04. The number of hydrogen-bond donors (Lipinski definition) is 1. The molecule has 80 valence electrons. The van der Waals surface area contributed by atoms with Crippen LogP contribution in [0.15, 0.2) is 18.5 Å². The maximum absolute atomic E-state index is 12.4. The summed E-state index contributed by atoms with van der Waals surface area (Å²) in [5.74, 6) is 0.122. The first-order valence-corrected chi connectivity index (χ1v) is 4.26. The van der Waals surface area contributed by atoms with E-state index in [0.29, 0.717) is 0 Å². The molecular weight excluding hydrogens is 231 g/mol. The van der Waals surface area contributed by atoms with Gasteiger partial charge >= 0.3 is 6.18 Å². The van der Waals surface area contributed by atoms with Gasteiger partial charge in [0.25, 0.3) is 0 Å². The molecule has 0 fully saturated rings. The second kappa shape index (κ2) is 3.03. The Bertz CT molecular complexity index is 518. The van der Waals surface area contributed by atoms with Crippen LogP contribution in [0.1, 0.15) is 5.56 Å². The Morgan fingerprint density at radius 3 is 2.60 bits per heavy atom. The molecule has 2 rings (SSSR count). The number of aromatic nitrogens is 2. The number of halogens is 4. The zero-order chi connectivity index (χ0) is 11.2. The van der Waals surface area contributed by atoms with Crippen LogP contribution in [0.4, 0.5) is 19.0 Å². The highest BCUT2D eigenvalue weighted by Gasteiger charge is 2.31. The normalized spacial score (nSPS) is 12.3. The summed E-state index contributed by atoms with van der Waals surface area (Å²) in [4.78, 5) is 3.78. The van der Waals surface area contributed by atoms with E-state index in [4.69, 9.17) is 17.3 Å². The zero-order valence-electron chi connectivity index (χ0n) is 7.22. The number of rotatable bonds is 0. The minimum Gasteiger partial charge on any atom is -0.382 e. The molecule has 2 heterocycles. The highest BCUT2D eigenvalue weighted by atomic mass is 35.5. The fraction of sp³-hybridized carbons (Fsp3) is 0.125. The van der Waals surface area contributed by atoms with Crippen molar-refractivity contribution < 1.29 is 13.2 Å². The van der Waals surface area contributed by atoms with Gasteiger partial charge in [0.1, 0.15) is 5.82 Å². The number of nitrogens with two attached hydrogens (primary N) is 1. The van der Waals surface area contributed by atoms with Crippen LogP contribution in [0.25, 0.3) is 5.65 Å². The maximum Gasteiger partial charge on any atom is 0.417 e. The molecule has 15 heavy (non-hydrogen) atoms. The first kappa shape index (κ1) is 10.1. The maximum atomic E-state index is 12.4. The Balaban J connectivity index is 2.72. The molecule has 0 aliphatic rings. The van der Waals surface area contributed by atoms with Crippen LogP contribution in [0, 0.1) is 0 Å². The number of fused-ring (bicyclic) bond motifs is 1. The van der Waals surface area contributed by atoms with Gasteiger partial charge in [-0.2, -0.15) is 13.2 Å². The van der Waals surface area contributed by atoms with E-state index in [0.717, 1.165) is 16.7 Å². The molecule has 0 spiro atoms. The van der Waals surface area contributed by atoms with Gasteiger partial charge in [0.15, 0.2) is 5.65 Å². The van der Waals surface area contributed by atoms with Gasteiger partial charge < -0.3 is 10.1 Å². The van der Waals surface area contributed by atoms with E-state index in [9.17, 15) is 13.2 Å². The van der Waals surface area contributed by atoms with Crippen molar-refractivity contribution in [2.24, 2.45) is 0 Å². The van der Waals surface area contributed by atoms with Crippen LogP contribution in [0.5, 0.6) is 0 Å². The van der Waals surface area contributed by atoms with Crippen molar-refractivity contribution in [3.8, 4) is 0 Å². The highest BCUT2D eigenvalue weighted by Crippen LogP contribution is 2.32. The average Bonchev–Trinajstić information content (AvgIpc) is 2.44. The van der Waals surface area contributed by atoms with Crippen molar-refractivity contribution in [3.05, 3.63) is 29.0 Å². The van der Waals surface area contributed by atoms with Gasteiger partial charge in [-0.15, -0.1) is 0 Å². The SMILES string of the molecule is Nc1cn2cc(C(F)(F)F)cc(Cl)c2n1. The number of nitrogen functional groups attached to an aromatic ring is 1. The minimum atomic E-state index is -4.43. The number of imidazole rings is 1. The summed E-state index contributed by atoms with van der Waals surface area (Å²) in [5.41, 5.74) is 4.72. The first-order valence-electron chi connectivity index (χ1n) is 3.89. The molecule has 0 atom stereocenters. The molecule has 2 N–H and O–H groups in total. The topological polar surface area (TPSA) is 43.3 Å². The molecule has 7 heteroatoms. The molecule has 0 bridgehead atoms. The molecule has 0 unspecified atom stereocenters. The lowest BCUT2D eigenvalue weighted by Gasteiger charge is -2.07. The molecule has 2 aromatic heterocycles. The van der Waals surface area contributed by atoms with E-state index in [1.807, 2.05) is 0 Å². The molecule has 0 radical (unpaired) electrons. The Morgan fingerprint density at radius 2 is 2.00 bits per heavy atom. The van der Waals surface area contributed by atoms with Crippen LogP contribution >= 0.6 is 11.6 Å². The zero-order valence-corrected chi connectivity index (χ0v) is 7.97. The summed E-state index contributed by atoms with van der Waals surface area (Å²) in [5, 5.41) is -0.0819. The highest BCUT2D eigenvalue weighted by molar-refractivity contribution is 6.33. The summed E-state index contributed by atoms with van der Waals surface area (Å²) in [7, 11) is 0. The largest absolute Gasteiger partial charge is 0.417 e. The van der Waals surface area contributed by atoms with Crippen molar-refractivity contribution in [1.82, 2.24) is 9.38 Å². The Labute approximate surface area is 87.3 Å². The van der Waals surface area contributed by atoms with Gasteiger partial charge in [-0.05, 0) is 6.07 Å². The summed E-state index contributed by atoms with van der Waals surface area (Å²) in [6, 6.07) is 0.823. The monoisotopic (exact) mass is 235 g/mol. The third-order valence-electron chi connectivity index (χ3n) is 1.85. The van der Waals surface area contributed by atoms with Crippen molar-refractivity contribution in [1.29, 1.82) is 0 Å². The minimum absolute atomic E-state index is 0.0819. The van der Waals surface area contributed by atoms with Gasteiger partial charge in [0.05, 0.1) is 16.8 Å². The van der Waals surface area contributed by atoms with Crippen LogP contribution in [0.3, 0.4) is 0 Å². The van der Waals surface area contributed by atoms with Gasteiger partial charge in [-0.1, -0.05) is 11.6 Å². The second-order valence-corrected chi connectivity index (χ2v) is 3.38. The molecule has 0 saturated carbocycles. The molecular formula is C8H5ClF3N3. The molecule has 0 amide bonds. The van der Waals surface area contributed by atoms with Crippen molar-refractivity contribution in [2.75, 3.05) is 5.73 Å². The van der Waals surface area contributed by atoms with Crippen LogP contribution in [-0.4, -0.2) is 9.38 Å². The van der Waals surface area contributed by atoms with E-state index in [-0.39, 0.29) is 16.5 Å². The van der Waals surface area contributed by atoms with Gasteiger partial charge in [-0.25, -0.2) is 4.98 Å². The van der Waals surface area contributed by atoms with Gasteiger partial charge in [-0.3, -0.25) is 0 Å².